The lowest BCUT2D eigenvalue weighted by Crippen LogP contribution is -2.27. The van der Waals surface area contributed by atoms with E-state index in [2.05, 4.69) is 4.98 Å². The molecule has 0 aliphatic heterocycles. The zero-order valence-electron chi connectivity index (χ0n) is 11.2. The van der Waals surface area contributed by atoms with E-state index in [1.807, 2.05) is 0 Å². The molecule has 2 aromatic rings. The summed E-state index contributed by atoms with van der Waals surface area (Å²) in [6.45, 7) is 3.74. The average Bonchev–Trinajstić information content (AvgIpc) is 2.33. The number of aryl methyl sites for hydroxylation is 2. The van der Waals surface area contributed by atoms with E-state index in [4.69, 9.17) is 18.0 Å². The minimum absolute atomic E-state index is 0.172. The Hall–Kier alpha value is -2.08. The molecule has 1 heterocycles. The molecule has 2 rings (SSSR count). The van der Waals surface area contributed by atoms with Crippen LogP contribution in [0.3, 0.4) is 0 Å². The van der Waals surface area contributed by atoms with Gasteiger partial charge in [-0.1, -0.05) is 12.2 Å². The predicted octanol–water partition coefficient (Wildman–Crippen LogP) is 1.68. The van der Waals surface area contributed by atoms with Crippen LogP contribution in [0.1, 0.15) is 22.5 Å². The van der Waals surface area contributed by atoms with Gasteiger partial charge in [0.2, 0.25) is 0 Å². The molecule has 0 unspecified atom stereocenters. The molecule has 0 saturated heterocycles. The second kappa shape index (κ2) is 5.50. The molecule has 2 N–H and O–H groups in total. The number of thiocarbonyl (C=S) groups is 1. The lowest BCUT2D eigenvalue weighted by molar-refractivity contribution is 0.620. The number of hydrogen-bond donors (Lipinski definition) is 1. The normalized spacial score (nSPS) is 10.6. The Kier molecular flexibility index (Phi) is 3.94. The molecule has 0 spiro atoms. The first-order valence-electron chi connectivity index (χ1n) is 6.02. The van der Waals surface area contributed by atoms with Crippen LogP contribution in [0.2, 0.25) is 0 Å². The van der Waals surface area contributed by atoms with E-state index < -0.39 is 5.82 Å². The third-order valence-corrected chi connectivity index (χ3v) is 3.23. The Morgan fingerprint density at radius 2 is 2.10 bits per heavy atom. The zero-order chi connectivity index (χ0) is 14.9. The largest absolute Gasteiger partial charge is 0.389 e. The van der Waals surface area contributed by atoms with Gasteiger partial charge in [0, 0.05) is 17.0 Å². The van der Waals surface area contributed by atoms with Crippen molar-refractivity contribution in [1.82, 2.24) is 9.55 Å². The van der Waals surface area contributed by atoms with Crippen LogP contribution in [0.25, 0.3) is 0 Å². The third-order valence-electron chi connectivity index (χ3n) is 3.01. The molecule has 20 heavy (non-hydrogen) atoms. The second-order valence-corrected chi connectivity index (χ2v) is 5.01. The summed E-state index contributed by atoms with van der Waals surface area (Å²) in [6.07, 6.45) is 0. The first-order valence-corrected chi connectivity index (χ1v) is 6.42. The average molecular weight is 291 g/mol. The van der Waals surface area contributed by atoms with Crippen molar-refractivity contribution in [2.45, 2.75) is 20.4 Å². The summed E-state index contributed by atoms with van der Waals surface area (Å²) in [6, 6.07) is 5.94. The third kappa shape index (κ3) is 2.91. The van der Waals surface area contributed by atoms with Gasteiger partial charge in [0.15, 0.2) is 0 Å². The van der Waals surface area contributed by atoms with Crippen LogP contribution >= 0.6 is 12.2 Å². The molecular weight excluding hydrogens is 277 g/mol. The fourth-order valence-electron chi connectivity index (χ4n) is 2.07. The fraction of sp³-hybridized carbons (Fsp3) is 0.214. The van der Waals surface area contributed by atoms with Gasteiger partial charge < -0.3 is 5.73 Å². The van der Waals surface area contributed by atoms with Crippen LogP contribution < -0.4 is 11.4 Å². The highest BCUT2D eigenvalue weighted by Gasteiger charge is 2.10. The Labute approximate surface area is 121 Å². The molecule has 0 aliphatic rings. The lowest BCUT2D eigenvalue weighted by Gasteiger charge is -2.13. The smallest absolute Gasteiger partial charge is 0.348 e. The van der Waals surface area contributed by atoms with Gasteiger partial charge in [-0.3, -0.25) is 4.57 Å². The minimum atomic E-state index is -0.397. The van der Waals surface area contributed by atoms with Crippen molar-refractivity contribution >= 4 is 17.2 Å². The van der Waals surface area contributed by atoms with E-state index in [-0.39, 0.29) is 17.2 Å². The molecule has 1 aromatic carbocycles. The van der Waals surface area contributed by atoms with Gasteiger partial charge in [-0.2, -0.15) is 4.98 Å². The highest BCUT2D eigenvalue weighted by Crippen LogP contribution is 2.13. The van der Waals surface area contributed by atoms with Crippen molar-refractivity contribution in [3.8, 4) is 0 Å². The van der Waals surface area contributed by atoms with Crippen LogP contribution in [-0.2, 0) is 6.54 Å². The highest BCUT2D eigenvalue weighted by atomic mass is 32.1. The van der Waals surface area contributed by atoms with Gasteiger partial charge in [0.25, 0.3) is 0 Å². The van der Waals surface area contributed by atoms with Crippen LogP contribution in [0.4, 0.5) is 4.39 Å². The molecule has 0 aliphatic carbocycles. The maximum absolute atomic E-state index is 13.4. The molecule has 1 aromatic heterocycles. The monoisotopic (exact) mass is 291 g/mol. The van der Waals surface area contributed by atoms with Gasteiger partial charge in [-0.05, 0) is 43.7 Å². The van der Waals surface area contributed by atoms with Crippen LogP contribution in [0.15, 0.2) is 29.1 Å². The summed E-state index contributed by atoms with van der Waals surface area (Å²) in [4.78, 5) is 16.0. The van der Waals surface area contributed by atoms with E-state index >= 15 is 0 Å². The van der Waals surface area contributed by atoms with Crippen molar-refractivity contribution in [2.75, 3.05) is 0 Å². The number of nitrogens with zero attached hydrogens (tertiary/aromatic N) is 2. The molecule has 4 nitrogen and oxygen atoms in total. The molecule has 0 amide bonds. The summed E-state index contributed by atoms with van der Waals surface area (Å²) >= 11 is 4.95. The number of nitrogens with two attached hydrogens (primary N) is 1. The van der Waals surface area contributed by atoms with Gasteiger partial charge in [0.05, 0.1) is 6.54 Å². The number of aromatic nitrogens is 2. The summed E-state index contributed by atoms with van der Waals surface area (Å²) in [7, 11) is 0. The Balaban J connectivity index is 2.53. The van der Waals surface area contributed by atoms with Gasteiger partial charge in [0.1, 0.15) is 10.8 Å². The fourth-order valence-corrected chi connectivity index (χ4v) is 2.27. The van der Waals surface area contributed by atoms with Crippen LogP contribution in [-0.4, -0.2) is 14.5 Å². The van der Waals surface area contributed by atoms with E-state index in [1.165, 1.54) is 22.8 Å². The highest BCUT2D eigenvalue weighted by molar-refractivity contribution is 7.80. The van der Waals surface area contributed by atoms with E-state index in [1.54, 1.807) is 19.9 Å². The standard InChI is InChI=1S/C14H14FN3OS/c1-8-5-9(2)18(14(19)17-8)7-10-6-11(15)3-4-12(10)13(16)20/h3-6H,7H2,1-2H3,(H2,16,20). The summed E-state index contributed by atoms with van der Waals surface area (Å²) in [5, 5.41) is 0. The molecule has 104 valence electrons. The molecule has 0 fully saturated rings. The van der Waals surface area contributed by atoms with Crippen molar-refractivity contribution in [1.29, 1.82) is 0 Å². The van der Waals surface area contributed by atoms with Crippen molar-refractivity contribution in [2.24, 2.45) is 5.73 Å². The van der Waals surface area contributed by atoms with E-state index in [9.17, 15) is 9.18 Å². The Morgan fingerprint density at radius 1 is 1.40 bits per heavy atom. The molecule has 0 bridgehead atoms. The predicted molar refractivity (Wildman–Crippen MR) is 79.4 cm³/mol. The van der Waals surface area contributed by atoms with E-state index in [0.717, 1.165) is 5.69 Å². The molecule has 6 heteroatoms. The first-order chi connectivity index (χ1) is 9.38. The molecule has 0 radical (unpaired) electrons. The minimum Gasteiger partial charge on any atom is -0.389 e. The van der Waals surface area contributed by atoms with Gasteiger partial charge >= 0.3 is 5.69 Å². The summed E-state index contributed by atoms with van der Waals surface area (Å²) in [5.41, 5.74) is 7.78. The molecular formula is C14H14FN3OS. The maximum atomic E-state index is 13.4. The Morgan fingerprint density at radius 3 is 2.70 bits per heavy atom. The maximum Gasteiger partial charge on any atom is 0.348 e. The molecule has 0 atom stereocenters. The quantitative estimate of drug-likeness (QED) is 0.874. The second-order valence-electron chi connectivity index (χ2n) is 4.57. The SMILES string of the molecule is Cc1cc(C)n(Cc2cc(F)ccc2C(N)=S)c(=O)n1. The zero-order valence-corrected chi connectivity index (χ0v) is 12.0. The lowest BCUT2D eigenvalue weighted by atomic mass is 10.1. The van der Waals surface area contributed by atoms with E-state index in [0.29, 0.717) is 16.8 Å². The number of halogens is 1. The van der Waals surface area contributed by atoms with Crippen molar-refractivity contribution in [3.63, 3.8) is 0 Å². The summed E-state index contributed by atoms with van der Waals surface area (Å²) < 4.78 is 14.9. The number of benzene rings is 1. The summed E-state index contributed by atoms with van der Waals surface area (Å²) in [5.74, 6) is -0.397. The van der Waals surface area contributed by atoms with Crippen molar-refractivity contribution in [3.05, 3.63) is 63.1 Å². The number of hydrogen-bond acceptors (Lipinski definition) is 3. The van der Waals surface area contributed by atoms with Crippen LogP contribution in [0, 0.1) is 19.7 Å². The topological polar surface area (TPSA) is 60.9 Å². The Bertz CT molecular complexity index is 740. The van der Waals surface area contributed by atoms with Gasteiger partial charge in [-0.15, -0.1) is 0 Å². The van der Waals surface area contributed by atoms with Crippen molar-refractivity contribution < 1.29 is 4.39 Å². The van der Waals surface area contributed by atoms with Crippen LogP contribution in [0.5, 0.6) is 0 Å². The van der Waals surface area contributed by atoms with Gasteiger partial charge in [-0.25, -0.2) is 9.18 Å². The first kappa shape index (κ1) is 14.3. The number of rotatable bonds is 3. The molecule has 0 saturated carbocycles.